The molecule has 3 atom stereocenters. The summed E-state index contributed by atoms with van der Waals surface area (Å²) in [7, 11) is -5.35. The van der Waals surface area contributed by atoms with E-state index in [1.807, 2.05) is 0 Å². The fourth-order valence-corrected chi connectivity index (χ4v) is 1.26. The van der Waals surface area contributed by atoms with E-state index in [4.69, 9.17) is 15.3 Å². The molecule has 0 aliphatic heterocycles. The van der Waals surface area contributed by atoms with Crippen molar-refractivity contribution < 1.29 is 48.9 Å². The van der Waals surface area contributed by atoms with Crippen LogP contribution in [-0.2, 0) is 18.7 Å². The Morgan fingerprint density at radius 2 is 1.67 bits per heavy atom. The molecule has 0 aromatic carbocycles. The van der Waals surface area contributed by atoms with Crippen LogP contribution >= 0.6 is 7.82 Å². The largest absolute Gasteiger partial charge is 0.790 e. The number of carbonyl (C=O) groups excluding carboxylic acids is 1. The highest BCUT2D eigenvalue weighted by atomic mass is 31.2. The summed E-state index contributed by atoms with van der Waals surface area (Å²) in [6.07, 6.45) is -6.94. The van der Waals surface area contributed by atoms with Crippen LogP contribution in [0.3, 0.4) is 0 Å². The zero-order chi connectivity index (χ0) is 14.5. The third-order valence-electron chi connectivity index (χ3n) is 1.82. The van der Waals surface area contributed by atoms with Crippen molar-refractivity contribution in [1.82, 2.24) is 0 Å². The third kappa shape index (κ3) is 6.77. The van der Waals surface area contributed by atoms with Gasteiger partial charge in [0.2, 0.25) is 5.78 Å². The van der Waals surface area contributed by atoms with Crippen LogP contribution in [0.4, 0.5) is 0 Å². The van der Waals surface area contributed by atoms with E-state index in [-0.39, 0.29) is 0 Å². The second-order valence-corrected chi connectivity index (χ2v) is 4.45. The van der Waals surface area contributed by atoms with Crippen LogP contribution in [0.2, 0.25) is 0 Å². The molecule has 11 heteroatoms. The lowest BCUT2D eigenvalue weighted by Crippen LogP contribution is -2.42. The predicted octanol–water partition coefficient (Wildman–Crippen LogP) is -4.04. The normalized spacial score (nSPS) is 16.9. The van der Waals surface area contributed by atoms with Gasteiger partial charge in [0, 0.05) is 6.42 Å². The van der Waals surface area contributed by atoms with Crippen molar-refractivity contribution in [2.24, 2.45) is 0 Å². The number of carboxylic acids is 1. The number of phosphoric acid groups is 1. The molecular formula is C7H11O10P-2. The fraction of sp³-hybridized carbons (Fsp3) is 0.714. The molecule has 0 aromatic heterocycles. The topological polar surface area (TPSA) is 187 Å². The molecule has 0 radical (unpaired) electrons. The summed E-state index contributed by atoms with van der Waals surface area (Å²) >= 11 is 0. The number of ketones is 1. The van der Waals surface area contributed by atoms with Crippen molar-refractivity contribution in [2.75, 3.05) is 6.61 Å². The lowest BCUT2D eigenvalue weighted by Gasteiger charge is -2.31. The zero-order valence-corrected chi connectivity index (χ0v) is 9.73. The Morgan fingerprint density at radius 1 is 1.17 bits per heavy atom. The second-order valence-electron chi connectivity index (χ2n) is 3.30. The Bertz CT molecular complexity index is 348. The summed E-state index contributed by atoms with van der Waals surface area (Å²) in [4.78, 5) is 40.9. The lowest BCUT2D eigenvalue weighted by molar-refractivity contribution is -0.343. The third-order valence-corrected chi connectivity index (χ3v) is 2.29. The van der Waals surface area contributed by atoms with E-state index in [1.54, 1.807) is 0 Å². The smallest absolute Gasteiger partial charge is 0.372 e. The van der Waals surface area contributed by atoms with Gasteiger partial charge in [0.15, 0.2) is 0 Å². The first kappa shape index (κ1) is 17.1. The van der Waals surface area contributed by atoms with E-state index in [9.17, 15) is 29.0 Å². The number of phosphoric ester groups is 1. The van der Waals surface area contributed by atoms with Crippen LogP contribution in [-0.4, -0.2) is 57.1 Å². The van der Waals surface area contributed by atoms with Gasteiger partial charge in [0.25, 0.3) is 0 Å². The molecule has 10 nitrogen and oxygen atoms in total. The summed E-state index contributed by atoms with van der Waals surface area (Å²) in [6, 6.07) is 0. The van der Waals surface area contributed by atoms with Crippen LogP contribution in [0.1, 0.15) is 6.42 Å². The maximum absolute atomic E-state index is 10.7. The number of Topliss-reactive ketones (excluding diaryl/α,β-unsaturated/α-hetero) is 1. The molecule has 0 aliphatic rings. The Labute approximate surface area is 101 Å². The molecule has 0 aliphatic carbocycles. The number of aliphatic hydroxyl groups excluding tert-OH is 3. The van der Waals surface area contributed by atoms with Crippen LogP contribution in [0.5, 0.6) is 0 Å². The van der Waals surface area contributed by atoms with Crippen molar-refractivity contribution in [3.05, 3.63) is 0 Å². The molecule has 0 fully saturated rings. The minimum absolute atomic E-state index is 0.986. The van der Waals surface area contributed by atoms with Crippen LogP contribution in [0.15, 0.2) is 0 Å². The quantitative estimate of drug-likeness (QED) is 0.252. The molecule has 0 aromatic rings. The fourth-order valence-electron chi connectivity index (χ4n) is 0.921. The van der Waals surface area contributed by atoms with E-state index in [0.717, 1.165) is 0 Å². The van der Waals surface area contributed by atoms with Gasteiger partial charge in [-0.25, -0.2) is 4.79 Å². The summed E-state index contributed by atoms with van der Waals surface area (Å²) < 4.78 is 13.7. The molecule has 0 unspecified atom stereocenters. The van der Waals surface area contributed by atoms with Crippen LogP contribution < -0.4 is 9.79 Å². The van der Waals surface area contributed by atoms with Gasteiger partial charge >= 0.3 is 5.97 Å². The van der Waals surface area contributed by atoms with Gasteiger partial charge in [-0.2, -0.15) is 0 Å². The highest BCUT2D eigenvalue weighted by molar-refractivity contribution is 7.43. The molecule has 4 N–H and O–H groups in total. The first-order chi connectivity index (χ1) is 8.04. The average Bonchev–Trinajstić information content (AvgIpc) is 2.23. The number of carbonyl (C=O) groups is 2. The monoisotopic (exact) mass is 286 g/mol. The standard InChI is InChI=1S/C7H13O10P/c8-3(1-4(9)7(12)13)6(11)5(10)2-17-18(14,15)16/h3,5-6,8,10-11H,1-2H2,(H,12,13)(H2,14,15,16)/p-2/t3-,5-,6+/m1/s1. The summed E-state index contributed by atoms with van der Waals surface area (Å²) in [5.41, 5.74) is 0. The zero-order valence-electron chi connectivity index (χ0n) is 8.83. The highest BCUT2D eigenvalue weighted by Gasteiger charge is 2.28. The molecular weight excluding hydrogens is 275 g/mol. The number of rotatable bonds is 8. The summed E-state index contributed by atoms with van der Waals surface area (Å²) in [6.45, 7) is -1.12. The van der Waals surface area contributed by atoms with Gasteiger partial charge in [-0.05, 0) is 0 Å². The molecule has 0 amide bonds. The van der Waals surface area contributed by atoms with E-state index in [1.165, 1.54) is 0 Å². The van der Waals surface area contributed by atoms with Gasteiger partial charge < -0.3 is 39.3 Å². The molecule has 18 heavy (non-hydrogen) atoms. The molecule has 0 rings (SSSR count). The van der Waals surface area contributed by atoms with Crippen molar-refractivity contribution in [3.8, 4) is 0 Å². The predicted molar refractivity (Wildman–Crippen MR) is 48.8 cm³/mol. The second kappa shape index (κ2) is 6.90. The Balaban J connectivity index is 4.28. The first-order valence-electron chi connectivity index (χ1n) is 4.51. The number of hydrogen-bond acceptors (Lipinski definition) is 9. The van der Waals surface area contributed by atoms with E-state index in [0.29, 0.717) is 0 Å². The van der Waals surface area contributed by atoms with Gasteiger partial charge in [-0.15, -0.1) is 0 Å². The minimum atomic E-state index is -5.35. The minimum Gasteiger partial charge on any atom is -0.790 e. The van der Waals surface area contributed by atoms with Gasteiger partial charge in [0.05, 0.1) is 20.5 Å². The number of carboxylic acid groups (broad SMARTS) is 1. The maximum Gasteiger partial charge on any atom is 0.372 e. The van der Waals surface area contributed by atoms with Crippen molar-refractivity contribution in [1.29, 1.82) is 0 Å². The van der Waals surface area contributed by atoms with Crippen LogP contribution in [0, 0.1) is 0 Å². The van der Waals surface area contributed by atoms with Crippen molar-refractivity contribution in [2.45, 2.75) is 24.7 Å². The number of aliphatic carboxylic acids is 1. The molecule has 0 spiro atoms. The number of hydrogen-bond donors (Lipinski definition) is 4. The molecule has 0 saturated heterocycles. The van der Waals surface area contributed by atoms with Gasteiger partial charge in [-0.3, -0.25) is 4.79 Å². The first-order valence-corrected chi connectivity index (χ1v) is 5.97. The molecule has 0 bridgehead atoms. The van der Waals surface area contributed by atoms with Crippen molar-refractivity contribution >= 4 is 19.6 Å². The van der Waals surface area contributed by atoms with E-state index < -0.39 is 50.9 Å². The van der Waals surface area contributed by atoms with Crippen LogP contribution in [0.25, 0.3) is 0 Å². The average molecular weight is 286 g/mol. The van der Waals surface area contributed by atoms with E-state index in [2.05, 4.69) is 4.52 Å². The summed E-state index contributed by atoms with van der Waals surface area (Å²) in [5, 5.41) is 35.7. The molecule has 0 saturated carbocycles. The Kier molecular flexibility index (Phi) is 6.57. The lowest BCUT2D eigenvalue weighted by atomic mass is 10.0. The summed E-state index contributed by atoms with van der Waals surface area (Å²) in [5.74, 6) is -3.25. The van der Waals surface area contributed by atoms with Gasteiger partial charge in [-0.1, -0.05) is 0 Å². The van der Waals surface area contributed by atoms with Crippen molar-refractivity contribution in [3.63, 3.8) is 0 Å². The molecule has 0 heterocycles. The Morgan fingerprint density at radius 3 is 2.06 bits per heavy atom. The Hall–Kier alpha value is -0.870. The molecule has 106 valence electrons. The van der Waals surface area contributed by atoms with Gasteiger partial charge in [0.1, 0.15) is 12.2 Å². The highest BCUT2D eigenvalue weighted by Crippen LogP contribution is 2.25. The van der Waals surface area contributed by atoms with E-state index >= 15 is 0 Å². The number of aliphatic hydroxyl groups is 3. The maximum atomic E-state index is 10.7. The SMILES string of the molecule is O=C(O)C(=O)C[C@@H](O)[C@H](O)[C@H](O)COP(=O)([O-])[O-].